The highest BCUT2D eigenvalue weighted by molar-refractivity contribution is 9.10. The van der Waals surface area contributed by atoms with Crippen LogP contribution < -0.4 is 5.32 Å². The number of rotatable bonds is 4. The number of nitrogens with one attached hydrogen (secondary N) is 1. The van der Waals surface area contributed by atoms with Crippen molar-refractivity contribution < 1.29 is 9.53 Å². The van der Waals surface area contributed by atoms with Gasteiger partial charge in [0, 0.05) is 15.2 Å². The summed E-state index contributed by atoms with van der Waals surface area (Å²) < 4.78 is 5.81. The summed E-state index contributed by atoms with van der Waals surface area (Å²) in [6, 6.07) is 5.31. The molecule has 0 saturated carbocycles. The van der Waals surface area contributed by atoms with Gasteiger partial charge in [0.25, 0.3) is 0 Å². The van der Waals surface area contributed by atoms with Crippen molar-refractivity contribution in [3.63, 3.8) is 0 Å². The first kappa shape index (κ1) is 13.3. The Balaban J connectivity index is 2.51. The van der Waals surface area contributed by atoms with Crippen LogP contribution in [0.25, 0.3) is 0 Å². The summed E-state index contributed by atoms with van der Waals surface area (Å²) in [7, 11) is 0. The van der Waals surface area contributed by atoms with Gasteiger partial charge in [-0.15, -0.1) is 0 Å². The van der Waals surface area contributed by atoms with Crippen LogP contribution in [-0.2, 0) is 9.53 Å². The van der Waals surface area contributed by atoms with E-state index in [0.29, 0.717) is 5.02 Å². The molecule has 1 N–H and O–H groups in total. The highest BCUT2D eigenvalue weighted by Gasteiger charge is 2.06. The maximum Gasteiger partial charge on any atom is 0.325 e. The number of benzene rings is 1. The van der Waals surface area contributed by atoms with Crippen LogP contribution in [0.4, 0.5) is 5.69 Å². The van der Waals surface area contributed by atoms with Gasteiger partial charge in [-0.25, -0.2) is 0 Å². The molecule has 0 saturated heterocycles. The summed E-state index contributed by atoms with van der Waals surface area (Å²) in [6.45, 7) is 3.77. The van der Waals surface area contributed by atoms with Crippen molar-refractivity contribution in [3.05, 3.63) is 27.7 Å². The van der Waals surface area contributed by atoms with Gasteiger partial charge >= 0.3 is 5.97 Å². The number of esters is 1. The van der Waals surface area contributed by atoms with Crippen molar-refractivity contribution in [1.82, 2.24) is 0 Å². The number of anilines is 1. The number of carbonyl (C=O) groups excluding carboxylic acids is 1. The lowest BCUT2D eigenvalue weighted by atomic mass is 10.3. The Hall–Kier alpha value is -0.740. The molecule has 5 heteroatoms. The molecule has 0 aliphatic rings. The maximum atomic E-state index is 11.3. The molecule has 16 heavy (non-hydrogen) atoms. The smallest absolute Gasteiger partial charge is 0.325 e. The average molecular weight is 307 g/mol. The first-order valence-corrected chi connectivity index (χ1v) is 6.04. The zero-order valence-corrected chi connectivity index (χ0v) is 11.4. The van der Waals surface area contributed by atoms with Crippen LogP contribution in [0.3, 0.4) is 0 Å². The molecule has 0 atom stereocenters. The number of hydrogen-bond donors (Lipinski definition) is 1. The molecule has 0 aromatic heterocycles. The van der Waals surface area contributed by atoms with E-state index in [2.05, 4.69) is 21.2 Å². The molecule has 0 bridgehead atoms. The second-order valence-corrected chi connectivity index (χ2v) is 4.81. The van der Waals surface area contributed by atoms with Crippen LogP contribution in [0.2, 0.25) is 5.02 Å². The average Bonchev–Trinajstić information content (AvgIpc) is 2.15. The highest BCUT2D eigenvalue weighted by Crippen LogP contribution is 2.25. The molecule has 0 heterocycles. The Labute approximate surface area is 108 Å². The number of hydrogen-bond acceptors (Lipinski definition) is 3. The van der Waals surface area contributed by atoms with E-state index in [9.17, 15) is 4.79 Å². The standard InChI is InChI=1S/C11H13BrClNO2/c1-7(2)16-11(15)6-14-10-4-3-8(13)5-9(10)12/h3-5,7,14H,6H2,1-2H3. The first-order chi connectivity index (χ1) is 7.49. The van der Waals surface area contributed by atoms with E-state index in [4.69, 9.17) is 16.3 Å². The summed E-state index contributed by atoms with van der Waals surface area (Å²) in [5, 5.41) is 3.61. The Morgan fingerprint density at radius 1 is 1.56 bits per heavy atom. The molecule has 1 aromatic rings. The lowest BCUT2D eigenvalue weighted by molar-refractivity contribution is -0.145. The molecule has 1 rings (SSSR count). The van der Waals surface area contributed by atoms with E-state index in [0.717, 1.165) is 10.2 Å². The molecule has 0 aliphatic heterocycles. The Morgan fingerprint density at radius 2 is 2.25 bits per heavy atom. The Kier molecular flexibility index (Phi) is 5.09. The van der Waals surface area contributed by atoms with Gasteiger partial charge < -0.3 is 10.1 Å². The minimum Gasteiger partial charge on any atom is -0.462 e. The van der Waals surface area contributed by atoms with E-state index < -0.39 is 0 Å². The quantitative estimate of drug-likeness (QED) is 0.866. The third kappa shape index (κ3) is 4.41. The topological polar surface area (TPSA) is 38.3 Å². The number of halogens is 2. The van der Waals surface area contributed by atoms with Gasteiger partial charge in [0.05, 0.1) is 6.10 Å². The van der Waals surface area contributed by atoms with Crippen molar-refractivity contribution in [3.8, 4) is 0 Å². The molecular formula is C11H13BrClNO2. The predicted molar refractivity (Wildman–Crippen MR) is 68.9 cm³/mol. The fourth-order valence-electron chi connectivity index (χ4n) is 1.10. The van der Waals surface area contributed by atoms with Crippen LogP contribution in [0.15, 0.2) is 22.7 Å². The SMILES string of the molecule is CC(C)OC(=O)CNc1ccc(Cl)cc1Br. The van der Waals surface area contributed by atoms with E-state index in [-0.39, 0.29) is 18.6 Å². The van der Waals surface area contributed by atoms with Gasteiger partial charge in [-0.05, 0) is 48.0 Å². The summed E-state index contributed by atoms with van der Waals surface area (Å²) in [5.41, 5.74) is 0.810. The first-order valence-electron chi connectivity index (χ1n) is 4.87. The van der Waals surface area contributed by atoms with Gasteiger partial charge in [0.1, 0.15) is 6.54 Å². The van der Waals surface area contributed by atoms with Crippen molar-refractivity contribution in [2.75, 3.05) is 11.9 Å². The monoisotopic (exact) mass is 305 g/mol. The van der Waals surface area contributed by atoms with Gasteiger partial charge in [0.15, 0.2) is 0 Å². The number of ether oxygens (including phenoxy) is 1. The third-order valence-electron chi connectivity index (χ3n) is 1.72. The fraction of sp³-hybridized carbons (Fsp3) is 0.364. The second-order valence-electron chi connectivity index (χ2n) is 3.52. The molecule has 0 fully saturated rings. The van der Waals surface area contributed by atoms with Crippen molar-refractivity contribution in [1.29, 1.82) is 0 Å². The molecule has 0 unspecified atom stereocenters. The lowest BCUT2D eigenvalue weighted by Crippen LogP contribution is -2.20. The normalized spacial score (nSPS) is 10.3. The van der Waals surface area contributed by atoms with Gasteiger partial charge in [-0.1, -0.05) is 11.6 Å². The van der Waals surface area contributed by atoms with Gasteiger partial charge in [-0.2, -0.15) is 0 Å². The molecule has 88 valence electrons. The second kappa shape index (κ2) is 6.11. The summed E-state index contributed by atoms with van der Waals surface area (Å²) in [5.74, 6) is -0.281. The number of carbonyl (C=O) groups is 1. The Bertz CT molecular complexity index is 382. The molecule has 0 aliphatic carbocycles. The Morgan fingerprint density at radius 3 is 2.81 bits per heavy atom. The van der Waals surface area contributed by atoms with Gasteiger partial charge in [0.2, 0.25) is 0 Å². The summed E-state index contributed by atoms with van der Waals surface area (Å²) >= 11 is 9.15. The molecular weight excluding hydrogens is 293 g/mol. The van der Waals surface area contributed by atoms with Crippen LogP contribution >= 0.6 is 27.5 Å². The predicted octanol–water partition coefficient (Wildman–Crippen LogP) is 3.47. The third-order valence-corrected chi connectivity index (χ3v) is 2.61. The van der Waals surface area contributed by atoms with Gasteiger partial charge in [-0.3, -0.25) is 4.79 Å². The summed E-state index contributed by atoms with van der Waals surface area (Å²) in [6.07, 6.45) is -0.0945. The van der Waals surface area contributed by atoms with E-state index >= 15 is 0 Å². The minimum atomic E-state index is -0.281. The summed E-state index contributed by atoms with van der Waals surface area (Å²) in [4.78, 5) is 11.3. The van der Waals surface area contributed by atoms with Crippen LogP contribution in [-0.4, -0.2) is 18.6 Å². The van der Waals surface area contributed by atoms with Crippen molar-refractivity contribution in [2.45, 2.75) is 20.0 Å². The van der Waals surface area contributed by atoms with Crippen molar-refractivity contribution in [2.24, 2.45) is 0 Å². The largest absolute Gasteiger partial charge is 0.462 e. The molecule has 0 amide bonds. The minimum absolute atomic E-state index is 0.0945. The van der Waals surface area contributed by atoms with Crippen LogP contribution in [0.5, 0.6) is 0 Å². The van der Waals surface area contributed by atoms with E-state index in [1.54, 1.807) is 18.2 Å². The van der Waals surface area contributed by atoms with Crippen molar-refractivity contribution >= 4 is 39.2 Å². The van der Waals surface area contributed by atoms with E-state index in [1.165, 1.54) is 0 Å². The molecule has 1 aromatic carbocycles. The zero-order valence-electron chi connectivity index (χ0n) is 9.09. The fourth-order valence-corrected chi connectivity index (χ4v) is 1.93. The maximum absolute atomic E-state index is 11.3. The molecule has 3 nitrogen and oxygen atoms in total. The van der Waals surface area contributed by atoms with Crippen LogP contribution in [0.1, 0.15) is 13.8 Å². The highest BCUT2D eigenvalue weighted by atomic mass is 79.9. The molecule has 0 spiro atoms. The molecule has 0 radical (unpaired) electrons. The lowest BCUT2D eigenvalue weighted by Gasteiger charge is -2.10. The van der Waals surface area contributed by atoms with Crippen LogP contribution in [0, 0.1) is 0 Å². The zero-order chi connectivity index (χ0) is 12.1. The van der Waals surface area contributed by atoms with E-state index in [1.807, 2.05) is 13.8 Å².